The van der Waals surface area contributed by atoms with Gasteiger partial charge in [0.2, 0.25) is 0 Å². The van der Waals surface area contributed by atoms with Crippen LogP contribution in [0.2, 0.25) is 0 Å². The van der Waals surface area contributed by atoms with Crippen LogP contribution in [-0.4, -0.2) is 7.11 Å². The van der Waals surface area contributed by atoms with Crippen LogP contribution in [-0.2, 0) is 0 Å². The van der Waals surface area contributed by atoms with Crippen LogP contribution in [0.3, 0.4) is 0 Å². The lowest BCUT2D eigenvalue weighted by Crippen LogP contribution is -2.25. The topological polar surface area (TPSA) is 21.3 Å². The molecule has 1 unspecified atom stereocenters. The molecule has 0 saturated heterocycles. The SMILES string of the molecule is CCC(N[C@@H](C)c1cccc(OC)c1)c1ccccc1F. The summed E-state index contributed by atoms with van der Waals surface area (Å²) < 4.78 is 19.2. The lowest BCUT2D eigenvalue weighted by Gasteiger charge is -2.23. The molecular formula is C18H22FNO. The lowest BCUT2D eigenvalue weighted by molar-refractivity contribution is 0.410. The van der Waals surface area contributed by atoms with Gasteiger partial charge in [-0.1, -0.05) is 37.3 Å². The number of ether oxygens (including phenoxy) is 1. The molecular weight excluding hydrogens is 265 g/mol. The van der Waals surface area contributed by atoms with Crippen molar-refractivity contribution < 1.29 is 9.13 Å². The van der Waals surface area contributed by atoms with E-state index in [-0.39, 0.29) is 17.9 Å². The van der Waals surface area contributed by atoms with Crippen LogP contribution in [0.1, 0.15) is 43.5 Å². The molecule has 21 heavy (non-hydrogen) atoms. The van der Waals surface area contributed by atoms with Crippen LogP contribution in [0.5, 0.6) is 5.75 Å². The second kappa shape index (κ2) is 7.23. The van der Waals surface area contributed by atoms with Crippen molar-refractivity contribution in [2.45, 2.75) is 32.4 Å². The van der Waals surface area contributed by atoms with Crippen LogP contribution >= 0.6 is 0 Å². The van der Waals surface area contributed by atoms with Crippen molar-refractivity contribution in [3.63, 3.8) is 0 Å². The summed E-state index contributed by atoms with van der Waals surface area (Å²) >= 11 is 0. The molecule has 112 valence electrons. The van der Waals surface area contributed by atoms with Crippen LogP contribution in [0, 0.1) is 5.82 Å². The molecule has 0 bridgehead atoms. The number of benzene rings is 2. The highest BCUT2D eigenvalue weighted by Crippen LogP contribution is 2.25. The average molecular weight is 287 g/mol. The van der Waals surface area contributed by atoms with Gasteiger partial charge < -0.3 is 10.1 Å². The molecule has 2 aromatic rings. The van der Waals surface area contributed by atoms with Crippen molar-refractivity contribution in [3.05, 3.63) is 65.5 Å². The highest BCUT2D eigenvalue weighted by atomic mass is 19.1. The monoisotopic (exact) mass is 287 g/mol. The van der Waals surface area contributed by atoms with Gasteiger partial charge in [0, 0.05) is 17.6 Å². The fourth-order valence-electron chi connectivity index (χ4n) is 2.49. The summed E-state index contributed by atoms with van der Waals surface area (Å²) in [6.45, 7) is 4.14. The van der Waals surface area contributed by atoms with Crippen LogP contribution in [0.15, 0.2) is 48.5 Å². The van der Waals surface area contributed by atoms with E-state index in [2.05, 4.69) is 19.2 Å². The number of hydrogen-bond acceptors (Lipinski definition) is 2. The summed E-state index contributed by atoms with van der Waals surface area (Å²) in [7, 11) is 1.66. The van der Waals surface area contributed by atoms with Gasteiger partial charge in [-0.3, -0.25) is 0 Å². The molecule has 0 aliphatic rings. The normalized spacial score (nSPS) is 13.7. The van der Waals surface area contributed by atoms with Gasteiger partial charge in [-0.15, -0.1) is 0 Å². The van der Waals surface area contributed by atoms with E-state index in [1.165, 1.54) is 6.07 Å². The number of methoxy groups -OCH3 is 1. The Balaban J connectivity index is 2.16. The van der Waals surface area contributed by atoms with Crippen LogP contribution in [0.4, 0.5) is 4.39 Å². The van der Waals surface area contributed by atoms with E-state index in [0.29, 0.717) is 0 Å². The molecule has 0 saturated carbocycles. The summed E-state index contributed by atoms with van der Waals surface area (Å²) in [6.07, 6.45) is 0.829. The van der Waals surface area contributed by atoms with E-state index in [4.69, 9.17) is 4.74 Å². The molecule has 0 amide bonds. The van der Waals surface area contributed by atoms with Crippen molar-refractivity contribution >= 4 is 0 Å². The second-order valence-corrected chi connectivity index (χ2v) is 5.15. The second-order valence-electron chi connectivity index (χ2n) is 5.15. The summed E-state index contributed by atoms with van der Waals surface area (Å²) in [6, 6.07) is 15.0. The van der Waals surface area contributed by atoms with Crippen molar-refractivity contribution in [1.29, 1.82) is 0 Å². The van der Waals surface area contributed by atoms with Gasteiger partial charge in [0.05, 0.1) is 7.11 Å². The predicted octanol–water partition coefficient (Wildman–Crippen LogP) is 4.64. The maximum Gasteiger partial charge on any atom is 0.127 e. The molecule has 2 nitrogen and oxygen atoms in total. The van der Waals surface area contributed by atoms with Gasteiger partial charge in [0.1, 0.15) is 11.6 Å². The summed E-state index contributed by atoms with van der Waals surface area (Å²) in [5.41, 5.74) is 1.85. The average Bonchev–Trinajstić information content (AvgIpc) is 2.53. The molecule has 0 aromatic heterocycles. The van der Waals surface area contributed by atoms with Gasteiger partial charge in [-0.2, -0.15) is 0 Å². The molecule has 2 rings (SSSR count). The highest BCUT2D eigenvalue weighted by molar-refractivity contribution is 5.30. The first-order chi connectivity index (χ1) is 10.2. The minimum Gasteiger partial charge on any atom is -0.497 e. The maximum atomic E-state index is 13.9. The minimum absolute atomic E-state index is 0.00704. The Morgan fingerprint density at radius 1 is 1.14 bits per heavy atom. The number of rotatable bonds is 6. The van der Waals surface area contributed by atoms with E-state index in [1.807, 2.05) is 36.4 Å². The zero-order chi connectivity index (χ0) is 15.2. The molecule has 0 radical (unpaired) electrons. The zero-order valence-electron chi connectivity index (χ0n) is 12.8. The Bertz CT molecular complexity index is 585. The van der Waals surface area contributed by atoms with Gasteiger partial charge in [-0.05, 0) is 37.1 Å². The van der Waals surface area contributed by atoms with E-state index in [9.17, 15) is 4.39 Å². The Labute approximate surface area is 126 Å². The van der Waals surface area contributed by atoms with E-state index >= 15 is 0 Å². The molecule has 0 fully saturated rings. The van der Waals surface area contributed by atoms with Gasteiger partial charge >= 0.3 is 0 Å². The smallest absolute Gasteiger partial charge is 0.127 e. The first kappa shape index (κ1) is 15.5. The minimum atomic E-state index is -0.158. The molecule has 2 atom stereocenters. The molecule has 1 N–H and O–H groups in total. The van der Waals surface area contributed by atoms with Gasteiger partial charge in [-0.25, -0.2) is 4.39 Å². The fraction of sp³-hybridized carbons (Fsp3) is 0.333. The first-order valence-electron chi connectivity index (χ1n) is 7.30. The standard InChI is InChI=1S/C18H22FNO/c1-4-18(16-10-5-6-11-17(16)19)20-13(2)14-8-7-9-15(12-14)21-3/h5-13,18,20H,4H2,1-3H3/t13-,18?/m0/s1. The van der Waals surface area contributed by atoms with E-state index in [1.54, 1.807) is 13.2 Å². The Kier molecular flexibility index (Phi) is 5.34. The lowest BCUT2D eigenvalue weighted by atomic mass is 10.0. The molecule has 2 aromatic carbocycles. The third-order valence-corrected chi connectivity index (χ3v) is 3.73. The number of hydrogen-bond donors (Lipinski definition) is 1. The Hall–Kier alpha value is -1.87. The highest BCUT2D eigenvalue weighted by Gasteiger charge is 2.16. The zero-order valence-corrected chi connectivity index (χ0v) is 12.8. The Morgan fingerprint density at radius 2 is 1.90 bits per heavy atom. The quantitative estimate of drug-likeness (QED) is 0.836. The van der Waals surface area contributed by atoms with E-state index in [0.717, 1.165) is 23.3 Å². The third-order valence-electron chi connectivity index (χ3n) is 3.73. The van der Waals surface area contributed by atoms with Crippen molar-refractivity contribution in [2.24, 2.45) is 0 Å². The largest absolute Gasteiger partial charge is 0.497 e. The molecule has 0 heterocycles. The van der Waals surface area contributed by atoms with Crippen molar-refractivity contribution in [3.8, 4) is 5.75 Å². The molecule has 3 heteroatoms. The Morgan fingerprint density at radius 3 is 2.57 bits per heavy atom. The maximum absolute atomic E-state index is 13.9. The first-order valence-corrected chi connectivity index (χ1v) is 7.30. The van der Waals surface area contributed by atoms with Crippen molar-refractivity contribution in [1.82, 2.24) is 5.32 Å². The fourth-order valence-corrected chi connectivity index (χ4v) is 2.49. The molecule has 0 aliphatic carbocycles. The summed E-state index contributed by atoms with van der Waals surface area (Å²) in [4.78, 5) is 0. The third kappa shape index (κ3) is 3.82. The van der Waals surface area contributed by atoms with Crippen LogP contribution < -0.4 is 10.1 Å². The van der Waals surface area contributed by atoms with E-state index < -0.39 is 0 Å². The van der Waals surface area contributed by atoms with Gasteiger partial charge in [0.25, 0.3) is 0 Å². The van der Waals surface area contributed by atoms with Crippen molar-refractivity contribution in [2.75, 3.05) is 7.11 Å². The summed E-state index contributed by atoms with van der Waals surface area (Å²) in [5, 5.41) is 3.50. The predicted molar refractivity (Wildman–Crippen MR) is 84.0 cm³/mol. The number of nitrogens with one attached hydrogen (secondary N) is 1. The molecule has 0 spiro atoms. The molecule has 0 aliphatic heterocycles. The van der Waals surface area contributed by atoms with Gasteiger partial charge in [0.15, 0.2) is 0 Å². The summed E-state index contributed by atoms with van der Waals surface area (Å²) in [5.74, 6) is 0.676. The van der Waals surface area contributed by atoms with Crippen LogP contribution in [0.25, 0.3) is 0 Å². The number of halogens is 1.